The highest BCUT2D eigenvalue weighted by atomic mass is 32.1. The van der Waals surface area contributed by atoms with Gasteiger partial charge < -0.3 is 10.1 Å². The summed E-state index contributed by atoms with van der Waals surface area (Å²) in [5.41, 5.74) is 1.00. The lowest BCUT2D eigenvalue weighted by Crippen LogP contribution is -2.12. The van der Waals surface area contributed by atoms with Crippen molar-refractivity contribution >= 4 is 34.4 Å². The molecular formula is C8H11NOS2. The summed E-state index contributed by atoms with van der Waals surface area (Å²) < 4.78 is 5.19. The minimum atomic E-state index is 0.454. The van der Waals surface area contributed by atoms with Gasteiger partial charge in [0.05, 0.1) is 12.3 Å². The van der Waals surface area contributed by atoms with Crippen LogP contribution in [-0.4, -0.2) is 11.8 Å². The molecule has 1 rings (SSSR count). The van der Waals surface area contributed by atoms with E-state index in [1.165, 1.54) is 0 Å². The van der Waals surface area contributed by atoms with Crippen molar-refractivity contribution in [1.82, 2.24) is 0 Å². The second-order valence-electron chi connectivity index (χ2n) is 2.27. The Hall–Kier alpha value is -0.610. The van der Waals surface area contributed by atoms with E-state index in [1.807, 2.05) is 23.8 Å². The molecule has 0 bridgehead atoms. The molecule has 0 aliphatic heterocycles. The lowest BCUT2D eigenvalue weighted by molar-refractivity contribution is 0.312. The van der Waals surface area contributed by atoms with Gasteiger partial charge in [0.25, 0.3) is 5.17 Å². The summed E-state index contributed by atoms with van der Waals surface area (Å²) in [5.74, 6) is 0. The Kier molecular flexibility index (Phi) is 4.04. The average molecular weight is 201 g/mol. The van der Waals surface area contributed by atoms with Gasteiger partial charge in [-0.1, -0.05) is 6.92 Å². The minimum absolute atomic E-state index is 0.454. The highest BCUT2D eigenvalue weighted by Gasteiger charge is 1.96. The lowest BCUT2D eigenvalue weighted by atomic mass is 10.5. The number of nitrogens with one attached hydrogen (secondary N) is 1. The first kappa shape index (κ1) is 9.48. The van der Waals surface area contributed by atoms with Crippen LogP contribution in [0.4, 0.5) is 5.69 Å². The summed E-state index contributed by atoms with van der Waals surface area (Å²) in [7, 11) is 0. The van der Waals surface area contributed by atoms with Crippen molar-refractivity contribution in [2.75, 3.05) is 11.9 Å². The molecule has 4 heteroatoms. The molecule has 0 amide bonds. The fourth-order valence-electron chi connectivity index (χ4n) is 0.684. The zero-order valence-corrected chi connectivity index (χ0v) is 8.50. The Morgan fingerprint density at radius 2 is 2.58 bits per heavy atom. The van der Waals surface area contributed by atoms with E-state index in [1.54, 1.807) is 11.3 Å². The summed E-state index contributed by atoms with van der Waals surface area (Å²) in [6, 6.07) is 1.96. The van der Waals surface area contributed by atoms with Gasteiger partial charge >= 0.3 is 0 Å². The molecule has 0 radical (unpaired) electrons. The van der Waals surface area contributed by atoms with E-state index in [2.05, 4.69) is 5.32 Å². The van der Waals surface area contributed by atoms with E-state index in [0.717, 1.165) is 12.1 Å². The molecule has 0 saturated heterocycles. The molecule has 0 unspecified atom stereocenters. The Labute approximate surface area is 81.6 Å². The Morgan fingerprint density at radius 1 is 1.75 bits per heavy atom. The number of anilines is 1. The third-order valence-electron chi connectivity index (χ3n) is 1.20. The van der Waals surface area contributed by atoms with Crippen LogP contribution >= 0.6 is 23.6 Å². The van der Waals surface area contributed by atoms with E-state index < -0.39 is 0 Å². The normalized spacial score (nSPS) is 9.42. The molecular weight excluding hydrogens is 190 g/mol. The van der Waals surface area contributed by atoms with Gasteiger partial charge in [0.15, 0.2) is 0 Å². The largest absolute Gasteiger partial charge is 0.471 e. The van der Waals surface area contributed by atoms with Gasteiger partial charge in [-0.3, -0.25) is 0 Å². The molecule has 0 aliphatic carbocycles. The zero-order valence-electron chi connectivity index (χ0n) is 6.87. The summed E-state index contributed by atoms with van der Waals surface area (Å²) >= 11 is 6.57. The number of hydrogen-bond donors (Lipinski definition) is 1. The second kappa shape index (κ2) is 5.11. The zero-order chi connectivity index (χ0) is 8.81. The first-order valence-electron chi connectivity index (χ1n) is 3.79. The molecule has 0 fully saturated rings. The molecule has 2 nitrogen and oxygen atoms in total. The number of hydrogen-bond acceptors (Lipinski definition) is 3. The number of ether oxygens (including phenoxy) is 1. The van der Waals surface area contributed by atoms with Crippen LogP contribution in [0.3, 0.4) is 0 Å². The van der Waals surface area contributed by atoms with Crippen molar-refractivity contribution in [2.45, 2.75) is 13.3 Å². The van der Waals surface area contributed by atoms with Crippen molar-refractivity contribution in [2.24, 2.45) is 0 Å². The fraction of sp³-hybridized carbons (Fsp3) is 0.375. The molecule has 12 heavy (non-hydrogen) atoms. The SMILES string of the molecule is CCCOC(=S)Nc1ccsc1. The first-order valence-corrected chi connectivity index (χ1v) is 5.14. The molecule has 0 aromatic carbocycles. The van der Waals surface area contributed by atoms with Crippen LogP contribution in [-0.2, 0) is 4.74 Å². The standard InChI is InChI=1S/C8H11NOS2/c1-2-4-10-8(11)9-7-3-5-12-6-7/h3,5-6H,2,4H2,1H3,(H,9,11). The predicted octanol–water partition coefficient (Wildman–Crippen LogP) is 2.87. The van der Waals surface area contributed by atoms with Crippen molar-refractivity contribution in [1.29, 1.82) is 0 Å². The fourth-order valence-corrected chi connectivity index (χ4v) is 1.47. The highest BCUT2D eigenvalue weighted by Crippen LogP contribution is 2.11. The summed E-state index contributed by atoms with van der Waals surface area (Å²) in [4.78, 5) is 0. The van der Waals surface area contributed by atoms with Gasteiger partial charge in [-0.15, -0.1) is 0 Å². The van der Waals surface area contributed by atoms with E-state index in [4.69, 9.17) is 17.0 Å². The molecule has 0 spiro atoms. The van der Waals surface area contributed by atoms with Crippen LogP contribution in [0, 0.1) is 0 Å². The third-order valence-corrected chi connectivity index (χ3v) is 2.11. The highest BCUT2D eigenvalue weighted by molar-refractivity contribution is 7.80. The molecule has 1 aromatic heterocycles. The quantitative estimate of drug-likeness (QED) is 0.760. The van der Waals surface area contributed by atoms with E-state index in [0.29, 0.717) is 11.8 Å². The van der Waals surface area contributed by atoms with Gasteiger partial charge in [0, 0.05) is 5.38 Å². The summed E-state index contributed by atoms with van der Waals surface area (Å²) in [6.07, 6.45) is 0.978. The van der Waals surface area contributed by atoms with Gasteiger partial charge in [0.1, 0.15) is 0 Å². The van der Waals surface area contributed by atoms with Crippen LogP contribution in [0.5, 0.6) is 0 Å². The van der Waals surface area contributed by atoms with Gasteiger partial charge in [0.2, 0.25) is 0 Å². The third kappa shape index (κ3) is 3.19. The van der Waals surface area contributed by atoms with E-state index in [-0.39, 0.29) is 0 Å². The van der Waals surface area contributed by atoms with Crippen molar-refractivity contribution < 1.29 is 4.74 Å². The predicted molar refractivity (Wildman–Crippen MR) is 56.8 cm³/mol. The lowest BCUT2D eigenvalue weighted by Gasteiger charge is -2.06. The molecule has 66 valence electrons. The van der Waals surface area contributed by atoms with E-state index in [9.17, 15) is 0 Å². The Morgan fingerprint density at radius 3 is 3.17 bits per heavy atom. The summed E-state index contributed by atoms with van der Waals surface area (Å²) in [6.45, 7) is 2.73. The maximum Gasteiger partial charge on any atom is 0.261 e. The van der Waals surface area contributed by atoms with Gasteiger partial charge in [-0.25, -0.2) is 0 Å². The van der Waals surface area contributed by atoms with Crippen LogP contribution in [0.15, 0.2) is 16.8 Å². The molecule has 1 aromatic rings. The van der Waals surface area contributed by atoms with Crippen molar-refractivity contribution in [3.05, 3.63) is 16.8 Å². The topological polar surface area (TPSA) is 21.3 Å². The summed E-state index contributed by atoms with van der Waals surface area (Å²) in [5, 5.41) is 7.41. The number of thiocarbonyl (C=S) groups is 1. The first-order chi connectivity index (χ1) is 5.83. The van der Waals surface area contributed by atoms with Crippen molar-refractivity contribution in [3.8, 4) is 0 Å². The smallest absolute Gasteiger partial charge is 0.261 e. The Balaban J connectivity index is 2.27. The average Bonchev–Trinajstić information content (AvgIpc) is 2.53. The van der Waals surface area contributed by atoms with Crippen LogP contribution in [0.25, 0.3) is 0 Å². The molecule has 1 heterocycles. The monoisotopic (exact) mass is 201 g/mol. The maximum atomic E-state index is 5.19. The van der Waals surface area contributed by atoms with E-state index >= 15 is 0 Å². The van der Waals surface area contributed by atoms with Crippen LogP contribution in [0.2, 0.25) is 0 Å². The van der Waals surface area contributed by atoms with Crippen molar-refractivity contribution in [3.63, 3.8) is 0 Å². The molecule has 0 saturated carbocycles. The Bertz CT molecular complexity index is 233. The second-order valence-corrected chi connectivity index (χ2v) is 3.42. The maximum absolute atomic E-state index is 5.19. The molecule has 1 N–H and O–H groups in total. The molecule has 0 aliphatic rings. The van der Waals surface area contributed by atoms with Gasteiger partial charge in [-0.05, 0) is 30.1 Å². The van der Waals surface area contributed by atoms with Crippen LogP contribution in [0.1, 0.15) is 13.3 Å². The van der Waals surface area contributed by atoms with Gasteiger partial charge in [-0.2, -0.15) is 11.3 Å². The molecule has 0 atom stereocenters. The number of rotatable bonds is 3. The van der Waals surface area contributed by atoms with Crippen LogP contribution < -0.4 is 5.32 Å². The minimum Gasteiger partial charge on any atom is -0.471 e. The number of thiophene rings is 1.